The molecule has 0 spiro atoms. The van der Waals surface area contributed by atoms with Crippen molar-refractivity contribution in [3.8, 4) is 11.5 Å². The topological polar surface area (TPSA) is 54.9 Å². The molecule has 0 aliphatic carbocycles. The van der Waals surface area contributed by atoms with E-state index in [9.17, 15) is 0 Å². The Morgan fingerprint density at radius 3 is 1.97 bits per heavy atom. The van der Waals surface area contributed by atoms with E-state index in [0.717, 1.165) is 30.0 Å². The summed E-state index contributed by atoms with van der Waals surface area (Å²) in [7, 11) is 0. The van der Waals surface area contributed by atoms with Gasteiger partial charge in [-0.2, -0.15) is 5.10 Å². The second kappa shape index (κ2) is 18.6. The van der Waals surface area contributed by atoms with Gasteiger partial charge in [0.25, 0.3) is 0 Å². The Hall–Kier alpha value is -1.82. The van der Waals surface area contributed by atoms with Gasteiger partial charge < -0.3 is 14.8 Å². The van der Waals surface area contributed by atoms with E-state index in [-0.39, 0.29) is 6.79 Å². The minimum atomic E-state index is 0.279. The molecule has 0 radical (unpaired) electrons. The van der Waals surface area contributed by atoms with E-state index >= 15 is 0 Å². The first-order chi connectivity index (χ1) is 16.3. The van der Waals surface area contributed by atoms with Crippen molar-refractivity contribution in [1.29, 1.82) is 0 Å². The fourth-order valence-corrected chi connectivity index (χ4v) is 4.23. The van der Waals surface area contributed by atoms with Gasteiger partial charge in [0.15, 0.2) is 16.6 Å². The quantitative estimate of drug-likeness (QED) is 0.0940. The van der Waals surface area contributed by atoms with E-state index in [2.05, 4.69) is 22.8 Å². The van der Waals surface area contributed by atoms with Crippen LogP contribution in [0.15, 0.2) is 23.3 Å². The Labute approximate surface area is 207 Å². The SMILES string of the molecule is CCCCCCCCCCCCCCCCCCNC(=S)N/N=C/c1ccc2c(c1)OCO2. The van der Waals surface area contributed by atoms with Crippen molar-refractivity contribution >= 4 is 23.5 Å². The molecule has 6 heteroatoms. The number of ether oxygens (including phenoxy) is 2. The second-order valence-electron chi connectivity index (χ2n) is 9.04. The average Bonchev–Trinajstić information content (AvgIpc) is 3.29. The molecule has 0 unspecified atom stereocenters. The molecule has 0 aromatic heterocycles. The molecule has 0 bridgehead atoms. The van der Waals surface area contributed by atoms with Crippen molar-refractivity contribution in [2.24, 2.45) is 5.10 Å². The summed E-state index contributed by atoms with van der Waals surface area (Å²) in [6.07, 6.45) is 23.9. The Morgan fingerprint density at radius 2 is 1.36 bits per heavy atom. The predicted octanol–water partition coefficient (Wildman–Crippen LogP) is 7.47. The number of fused-ring (bicyclic) bond motifs is 1. The largest absolute Gasteiger partial charge is 0.454 e. The molecule has 2 N–H and O–H groups in total. The van der Waals surface area contributed by atoms with Gasteiger partial charge in [-0.05, 0) is 42.4 Å². The smallest absolute Gasteiger partial charge is 0.231 e. The molecular formula is C27H45N3O2S. The van der Waals surface area contributed by atoms with E-state index in [1.54, 1.807) is 6.21 Å². The Balaban J connectivity index is 1.32. The van der Waals surface area contributed by atoms with E-state index in [1.807, 2.05) is 18.2 Å². The highest BCUT2D eigenvalue weighted by Crippen LogP contribution is 2.31. The number of benzene rings is 1. The van der Waals surface area contributed by atoms with Gasteiger partial charge in [0, 0.05) is 6.54 Å². The zero-order valence-corrected chi connectivity index (χ0v) is 21.5. The normalized spacial score (nSPS) is 12.4. The van der Waals surface area contributed by atoms with Crippen LogP contribution in [0, 0.1) is 0 Å². The molecule has 186 valence electrons. The van der Waals surface area contributed by atoms with Crippen LogP contribution in [-0.2, 0) is 0 Å². The monoisotopic (exact) mass is 475 g/mol. The van der Waals surface area contributed by atoms with E-state index in [4.69, 9.17) is 21.7 Å². The van der Waals surface area contributed by atoms with Crippen molar-refractivity contribution in [3.63, 3.8) is 0 Å². The maximum Gasteiger partial charge on any atom is 0.231 e. The summed E-state index contributed by atoms with van der Waals surface area (Å²) in [5.41, 5.74) is 3.81. The fourth-order valence-electron chi connectivity index (χ4n) is 4.07. The highest BCUT2D eigenvalue weighted by Gasteiger charge is 2.12. The molecule has 33 heavy (non-hydrogen) atoms. The summed E-state index contributed by atoms with van der Waals surface area (Å²) in [4.78, 5) is 0. The van der Waals surface area contributed by atoms with Gasteiger partial charge in [0.1, 0.15) is 0 Å². The predicted molar refractivity (Wildman–Crippen MR) is 143 cm³/mol. The van der Waals surface area contributed by atoms with Crippen LogP contribution in [0.5, 0.6) is 11.5 Å². The summed E-state index contributed by atoms with van der Waals surface area (Å²) >= 11 is 5.28. The lowest BCUT2D eigenvalue weighted by molar-refractivity contribution is 0.174. The summed E-state index contributed by atoms with van der Waals surface area (Å²) in [5, 5.41) is 7.97. The first-order valence-electron chi connectivity index (χ1n) is 13.3. The fraction of sp³-hybridized carbons (Fsp3) is 0.704. The molecule has 0 atom stereocenters. The van der Waals surface area contributed by atoms with Crippen LogP contribution in [0.2, 0.25) is 0 Å². The molecule has 1 heterocycles. The van der Waals surface area contributed by atoms with Crippen LogP contribution in [0.3, 0.4) is 0 Å². The van der Waals surface area contributed by atoms with E-state index in [1.165, 1.54) is 96.3 Å². The van der Waals surface area contributed by atoms with Crippen molar-refractivity contribution in [1.82, 2.24) is 10.7 Å². The minimum absolute atomic E-state index is 0.279. The minimum Gasteiger partial charge on any atom is -0.454 e. The molecule has 1 aliphatic rings. The Bertz CT molecular complexity index is 681. The highest BCUT2D eigenvalue weighted by atomic mass is 32.1. The lowest BCUT2D eigenvalue weighted by Gasteiger charge is -2.07. The Morgan fingerprint density at radius 1 is 0.818 bits per heavy atom. The van der Waals surface area contributed by atoms with Gasteiger partial charge in [-0.3, -0.25) is 5.43 Å². The Kier molecular flexibility index (Phi) is 15.4. The molecule has 1 aliphatic heterocycles. The first-order valence-corrected chi connectivity index (χ1v) is 13.7. The molecule has 5 nitrogen and oxygen atoms in total. The lowest BCUT2D eigenvalue weighted by atomic mass is 10.0. The van der Waals surface area contributed by atoms with Crippen molar-refractivity contribution in [3.05, 3.63) is 23.8 Å². The van der Waals surface area contributed by atoms with Crippen LogP contribution in [0.1, 0.15) is 115 Å². The number of thiocarbonyl (C=S) groups is 1. The highest BCUT2D eigenvalue weighted by molar-refractivity contribution is 7.80. The van der Waals surface area contributed by atoms with Crippen LogP contribution in [-0.4, -0.2) is 24.7 Å². The maximum atomic E-state index is 5.37. The first kappa shape index (κ1) is 27.4. The zero-order valence-electron chi connectivity index (χ0n) is 20.7. The van der Waals surface area contributed by atoms with Gasteiger partial charge in [0.2, 0.25) is 6.79 Å². The van der Waals surface area contributed by atoms with Crippen molar-refractivity contribution in [2.45, 2.75) is 110 Å². The third-order valence-electron chi connectivity index (χ3n) is 6.09. The summed E-state index contributed by atoms with van der Waals surface area (Å²) < 4.78 is 10.7. The molecule has 0 saturated heterocycles. The van der Waals surface area contributed by atoms with Crippen LogP contribution in [0.4, 0.5) is 0 Å². The number of hydrogen-bond acceptors (Lipinski definition) is 4. The summed E-state index contributed by atoms with van der Waals surface area (Å²) in [5.74, 6) is 1.53. The maximum absolute atomic E-state index is 5.37. The number of rotatable bonds is 19. The zero-order chi connectivity index (χ0) is 23.4. The molecule has 0 saturated carbocycles. The number of nitrogens with one attached hydrogen (secondary N) is 2. The summed E-state index contributed by atoms with van der Waals surface area (Å²) in [6.45, 7) is 3.46. The van der Waals surface area contributed by atoms with Crippen molar-refractivity contribution < 1.29 is 9.47 Å². The van der Waals surface area contributed by atoms with Crippen LogP contribution < -0.4 is 20.2 Å². The molecular weight excluding hydrogens is 430 g/mol. The van der Waals surface area contributed by atoms with Gasteiger partial charge in [-0.15, -0.1) is 0 Å². The van der Waals surface area contributed by atoms with Gasteiger partial charge >= 0.3 is 0 Å². The number of unbranched alkanes of at least 4 members (excludes halogenated alkanes) is 15. The van der Waals surface area contributed by atoms with E-state index in [0.29, 0.717) is 5.11 Å². The third kappa shape index (κ3) is 13.5. The molecule has 1 aromatic rings. The van der Waals surface area contributed by atoms with Gasteiger partial charge in [-0.1, -0.05) is 103 Å². The third-order valence-corrected chi connectivity index (χ3v) is 6.33. The van der Waals surface area contributed by atoms with Crippen LogP contribution in [0.25, 0.3) is 0 Å². The van der Waals surface area contributed by atoms with E-state index < -0.39 is 0 Å². The molecule has 2 rings (SSSR count). The lowest BCUT2D eigenvalue weighted by Crippen LogP contribution is -2.32. The standard InChI is InChI=1S/C27H45N3O2S/c1-2-3-4-5-6-7-8-9-10-11-12-13-14-15-16-17-20-28-27(33)30-29-22-24-18-19-25-26(21-24)32-23-31-25/h18-19,21-22H,2-17,20,23H2,1H3,(H2,28,30,33)/b29-22+. The molecule has 0 amide bonds. The number of hydrazone groups is 1. The summed E-state index contributed by atoms with van der Waals surface area (Å²) in [6, 6.07) is 5.73. The van der Waals surface area contributed by atoms with Gasteiger partial charge in [0.05, 0.1) is 6.21 Å². The average molecular weight is 476 g/mol. The molecule has 0 fully saturated rings. The molecule has 1 aromatic carbocycles. The van der Waals surface area contributed by atoms with Crippen molar-refractivity contribution in [2.75, 3.05) is 13.3 Å². The number of hydrogen-bond donors (Lipinski definition) is 2. The van der Waals surface area contributed by atoms with Crippen LogP contribution >= 0.6 is 12.2 Å². The number of nitrogens with zero attached hydrogens (tertiary/aromatic N) is 1. The van der Waals surface area contributed by atoms with Gasteiger partial charge in [-0.25, -0.2) is 0 Å². The second-order valence-corrected chi connectivity index (χ2v) is 9.45.